The summed E-state index contributed by atoms with van der Waals surface area (Å²) in [4.78, 5) is 25.0. The number of benzene rings is 2. The minimum atomic E-state index is -3.82. The zero-order valence-electron chi connectivity index (χ0n) is 19.2. The van der Waals surface area contributed by atoms with Gasteiger partial charge < -0.3 is 15.5 Å². The number of carbonyl (C=O) groups is 1. The van der Waals surface area contributed by atoms with E-state index >= 15 is 0 Å². The number of nitro groups is 1. The van der Waals surface area contributed by atoms with E-state index in [1.165, 1.54) is 16.4 Å². The van der Waals surface area contributed by atoms with Gasteiger partial charge in [0.15, 0.2) is 0 Å². The molecular weight excluding hydrogens is 458 g/mol. The van der Waals surface area contributed by atoms with Crippen molar-refractivity contribution in [1.29, 1.82) is 0 Å². The molecule has 2 aliphatic rings. The molecule has 2 aromatic carbocycles. The first kappa shape index (κ1) is 24.1. The first-order chi connectivity index (χ1) is 16.1. The van der Waals surface area contributed by atoms with Gasteiger partial charge in [0, 0.05) is 49.9 Å². The molecule has 2 N–H and O–H groups in total. The minimum absolute atomic E-state index is 0.0289. The van der Waals surface area contributed by atoms with E-state index in [9.17, 15) is 23.3 Å². The molecule has 1 amide bonds. The lowest BCUT2D eigenvalue weighted by Gasteiger charge is -2.31. The summed E-state index contributed by atoms with van der Waals surface area (Å²) in [5.74, 6) is 0.144. The molecule has 1 atom stereocenters. The Morgan fingerprint density at radius 2 is 1.74 bits per heavy atom. The van der Waals surface area contributed by atoms with Crippen LogP contribution in [0.15, 0.2) is 47.4 Å². The number of hydrogen-bond donors (Lipinski definition) is 2. The molecule has 0 bridgehead atoms. The van der Waals surface area contributed by atoms with Crippen molar-refractivity contribution in [3.05, 3.63) is 58.1 Å². The van der Waals surface area contributed by atoms with Gasteiger partial charge in [0.25, 0.3) is 5.69 Å². The molecule has 1 aliphatic heterocycles. The maximum absolute atomic E-state index is 13.0. The topological polar surface area (TPSA) is 125 Å². The molecule has 4 rings (SSSR count). The van der Waals surface area contributed by atoms with E-state index in [4.69, 9.17) is 0 Å². The maximum atomic E-state index is 13.0. The first-order valence-corrected chi connectivity index (χ1v) is 12.7. The van der Waals surface area contributed by atoms with Crippen LogP contribution < -0.4 is 10.6 Å². The van der Waals surface area contributed by atoms with Crippen LogP contribution in [0, 0.1) is 16.0 Å². The monoisotopic (exact) mass is 487 g/mol. The van der Waals surface area contributed by atoms with Crippen molar-refractivity contribution in [2.24, 2.45) is 5.92 Å². The first-order valence-electron chi connectivity index (χ1n) is 11.3. The molecule has 2 aromatic rings. The average molecular weight is 488 g/mol. The number of anilines is 2. The van der Waals surface area contributed by atoms with Crippen LogP contribution in [0.1, 0.15) is 31.4 Å². The number of nitrogens with zero attached hydrogens (tertiary/aromatic N) is 3. The summed E-state index contributed by atoms with van der Waals surface area (Å²) in [6, 6.07) is 11.0. The quantitative estimate of drug-likeness (QED) is 0.433. The highest BCUT2D eigenvalue weighted by Gasteiger charge is 2.31. The Bertz CT molecular complexity index is 1170. The molecule has 0 aromatic heterocycles. The number of likely N-dealkylation sites (N-methyl/N-ethyl adjacent to an activating group) is 1. The summed E-state index contributed by atoms with van der Waals surface area (Å²) >= 11 is 0. The van der Waals surface area contributed by atoms with Gasteiger partial charge in [-0.3, -0.25) is 14.9 Å². The molecule has 1 saturated carbocycles. The van der Waals surface area contributed by atoms with Gasteiger partial charge in [-0.25, -0.2) is 8.42 Å². The van der Waals surface area contributed by atoms with E-state index in [2.05, 4.69) is 10.6 Å². The number of nitrogens with one attached hydrogen (secondary N) is 2. The summed E-state index contributed by atoms with van der Waals surface area (Å²) in [5.41, 5.74) is 1.52. The van der Waals surface area contributed by atoms with Gasteiger partial charge in [-0.15, -0.1) is 0 Å². The van der Waals surface area contributed by atoms with Crippen LogP contribution in [0.2, 0.25) is 0 Å². The second kappa shape index (κ2) is 9.69. The summed E-state index contributed by atoms with van der Waals surface area (Å²) < 4.78 is 27.4. The van der Waals surface area contributed by atoms with Crippen molar-refractivity contribution in [1.82, 2.24) is 9.21 Å². The maximum Gasteiger partial charge on any atom is 0.293 e. The molecule has 0 radical (unpaired) electrons. The van der Waals surface area contributed by atoms with Crippen LogP contribution in [-0.4, -0.2) is 61.7 Å². The fourth-order valence-electron chi connectivity index (χ4n) is 3.88. The van der Waals surface area contributed by atoms with E-state index < -0.39 is 14.9 Å². The highest BCUT2D eigenvalue weighted by Crippen LogP contribution is 2.33. The highest BCUT2D eigenvalue weighted by molar-refractivity contribution is 7.89. The number of carbonyl (C=O) groups excluding carboxylic acids is 1. The largest absolute Gasteiger partial charge is 0.373 e. The van der Waals surface area contributed by atoms with Crippen LogP contribution in [0.5, 0.6) is 0 Å². The summed E-state index contributed by atoms with van der Waals surface area (Å²) in [5, 5.41) is 17.8. The Morgan fingerprint density at radius 1 is 1.09 bits per heavy atom. The van der Waals surface area contributed by atoms with Crippen molar-refractivity contribution >= 4 is 33.0 Å². The lowest BCUT2D eigenvalue weighted by molar-refractivity contribution is -0.384. The molecular formula is C23H29N5O5S. The Balaban J connectivity index is 1.49. The molecule has 2 fully saturated rings. The van der Waals surface area contributed by atoms with Gasteiger partial charge in [0.1, 0.15) is 5.69 Å². The van der Waals surface area contributed by atoms with E-state index in [0.717, 1.165) is 24.5 Å². The summed E-state index contributed by atoms with van der Waals surface area (Å²) in [6.45, 7) is 3.78. The SMILES string of the molecule is CC(Nc1ccc(S(=O)(=O)N2CCN(C)CC2)cc1[N+](=O)[O-])c1ccc(NC(=O)C2CC2)cc1. The van der Waals surface area contributed by atoms with Gasteiger partial charge in [0.05, 0.1) is 9.82 Å². The second-order valence-electron chi connectivity index (χ2n) is 8.89. The molecule has 1 saturated heterocycles. The fraction of sp³-hybridized carbons (Fsp3) is 0.435. The van der Waals surface area contributed by atoms with Crippen molar-refractivity contribution in [2.45, 2.75) is 30.7 Å². The minimum Gasteiger partial charge on any atom is -0.373 e. The van der Waals surface area contributed by atoms with Gasteiger partial charge in [0.2, 0.25) is 15.9 Å². The molecule has 1 unspecified atom stereocenters. The van der Waals surface area contributed by atoms with E-state index in [-0.39, 0.29) is 34.1 Å². The Kier molecular flexibility index (Phi) is 6.87. The highest BCUT2D eigenvalue weighted by atomic mass is 32.2. The van der Waals surface area contributed by atoms with Crippen molar-refractivity contribution in [3.63, 3.8) is 0 Å². The van der Waals surface area contributed by atoms with Crippen LogP contribution in [0.25, 0.3) is 0 Å². The number of piperazine rings is 1. The number of rotatable bonds is 8. The van der Waals surface area contributed by atoms with E-state index in [0.29, 0.717) is 31.9 Å². The molecule has 0 spiro atoms. The Labute approximate surface area is 199 Å². The summed E-state index contributed by atoms with van der Waals surface area (Å²) in [7, 11) is -1.89. The molecule has 182 valence electrons. The van der Waals surface area contributed by atoms with Gasteiger partial charge >= 0.3 is 0 Å². The lowest BCUT2D eigenvalue weighted by Crippen LogP contribution is -2.47. The molecule has 10 nitrogen and oxygen atoms in total. The number of sulfonamides is 1. The molecule has 1 aliphatic carbocycles. The third-order valence-electron chi connectivity index (χ3n) is 6.26. The van der Waals surface area contributed by atoms with Crippen LogP contribution >= 0.6 is 0 Å². The van der Waals surface area contributed by atoms with E-state index in [1.54, 1.807) is 12.1 Å². The lowest BCUT2D eigenvalue weighted by atomic mass is 10.1. The third kappa shape index (κ3) is 5.37. The second-order valence-corrected chi connectivity index (χ2v) is 10.8. The van der Waals surface area contributed by atoms with Gasteiger partial charge in [-0.1, -0.05) is 12.1 Å². The number of hydrogen-bond acceptors (Lipinski definition) is 7. The molecule has 1 heterocycles. The predicted octanol–water partition coefficient (Wildman–Crippen LogP) is 3.05. The smallest absolute Gasteiger partial charge is 0.293 e. The third-order valence-corrected chi connectivity index (χ3v) is 8.16. The van der Waals surface area contributed by atoms with Gasteiger partial charge in [-0.05, 0) is 56.6 Å². The summed E-state index contributed by atoms with van der Waals surface area (Å²) in [6.07, 6.45) is 1.86. The van der Waals surface area contributed by atoms with Crippen LogP contribution in [-0.2, 0) is 14.8 Å². The number of nitro benzene ring substituents is 1. The zero-order valence-corrected chi connectivity index (χ0v) is 20.0. The molecule has 11 heteroatoms. The van der Waals surface area contributed by atoms with Crippen molar-refractivity contribution < 1.29 is 18.1 Å². The standard InChI is InChI=1S/C23H29N5O5S/c1-16(17-5-7-19(8-6-17)25-23(29)18-3-4-18)24-21-10-9-20(15-22(21)28(30)31)34(32,33)27-13-11-26(2)12-14-27/h5-10,15-16,18,24H,3-4,11-14H2,1-2H3,(H,25,29). The Hall–Kier alpha value is -3.02. The average Bonchev–Trinajstić information content (AvgIpc) is 3.65. The normalized spacial score (nSPS) is 18.3. The Morgan fingerprint density at radius 3 is 2.32 bits per heavy atom. The van der Waals surface area contributed by atoms with E-state index in [1.807, 2.05) is 31.0 Å². The fourth-order valence-corrected chi connectivity index (χ4v) is 5.33. The van der Waals surface area contributed by atoms with Crippen molar-refractivity contribution in [3.8, 4) is 0 Å². The number of amides is 1. The van der Waals surface area contributed by atoms with Gasteiger partial charge in [-0.2, -0.15) is 4.31 Å². The predicted molar refractivity (Wildman–Crippen MR) is 129 cm³/mol. The van der Waals surface area contributed by atoms with Crippen LogP contribution in [0.4, 0.5) is 17.1 Å². The molecule has 34 heavy (non-hydrogen) atoms. The van der Waals surface area contributed by atoms with Crippen molar-refractivity contribution in [2.75, 3.05) is 43.9 Å². The zero-order chi connectivity index (χ0) is 24.5. The van der Waals surface area contributed by atoms with Crippen LogP contribution in [0.3, 0.4) is 0 Å².